The van der Waals surface area contributed by atoms with E-state index >= 15 is 0 Å². The highest BCUT2D eigenvalue weighted by molar-refractivity contribution is 5.92. The number of amides is 2. The molecule has 1 heterocycles. The number of nitrogens with one attached hydrogen (secondary N) is 3. The molecule has 2 aliphatic rings. The molecule has 1 atom stereocenters. The minimum Gasteiger partial charge on any atom is -0.352 e. The Labute approximate surface area is 143 Å². The molecule has 1 unspecified atom stereocenters. The van der Waals surface area contributed by atoms with Crippen molar-refractivity contribution in [3.8, 4) is 0 Å². The molecule has 0 spiro atoms. The molecule has 1 saturated heterocycles. The first-order chi connectivity index (χ1) is 11.7. The van der Waals surface area contributed by atoms with Gasteiger partial charge in [-0.15, -0.1) is 0 Å². The standard InChI is InChI=1S/C19H27N3O2/c23-18(16-8-4-10-20-13-16)21-12-14-5-3-9-17(11-14)22-19(24)15-6-1-2-7-15/h3,5,9,11,15-16,20H,1-2,4,6-8,10,12-13H2,(H,21,23)(H,22,24). The fraction of sp³-hybridized carbons (Fsp3) is 0.579. The third-order valence-corrected chi connectivity index (χ3v) is 5.05. The number of piperidine rings is 1. The van der Waals surface area contributed by atoms with Crippen LogP contribution in [0.2, 0.25) is 0 Å². The number of benzene rings is 1. The van der Waals surface area contributed by atoms with Gasteiger partial charge in [-0.3, -0.25) is 9.59 Å². The highest BCUT2D eigenvalue weighted by Gasteiger charge is 2.23. The van der Waals surface area contributed by atoms with Crippen LogP contribution in [0.15, 0.2) is 24.3 Å². The Bertz CT molecular complexity index is 576. The van der Waals surface area contributed by atoms with E-state index in [0.29, 0.717) is 6.54 Å². The zero-order valence-electron chi connectivity index (χ0n) is 14.1. The van der Waals surface area contributed by atoms with E-state index in [-0.39, 0.29) is 23.7 Å². The van der Waals surface area contributed by atoms with Crippen LogP contribution in [0.3, 0.4) is 0 Å². The number of hydrogen-bond donors (Lipinski definition) is 3. The second kappa shape index (κ2) is 8.29. The van der Waals surface area contributed by atoms with Gasteiger partial charge in [0.25, 0.3) is 0 Å². The van der Waals surface area contributed by atoms with Crippen molar-refractivity contribution in [1.29, 1.82) is 0 Å². The van der Waals surface area contributed by atoms with E-state index in [9.17, 15) is 9.59 Å². The van der Waals surface area contributed by atoms with Crippen molar-refractivity contribution in [3.05, 3.63) is 29.8 Å². The Morgan fingerprint density at radius 2 is 1.83 bits per heavy atom. The summed E-state index contributed by atoms with van der Waals surface area (Å²) in [5, 5.41) is 9.29. The first-order valence-electron chi connectivity index (χ1n) is 9.10. The van der Waals surface area contributed by atoms with Crippen molar-refractivity contribution < 1.29 is 9.59 Å². The van der Waals surface area contributed by atoms with Gasteiger partial charge in [-0.05, 0) is 49.9 Å². The molecule has 5 heteroatoms. The molecule has 2 amide bonds. The van der Waals surface area contributed by atoms with Crippen LogP contribution in [0.5, 0.6) is 0 Å². The Morgan fingerprint density at radius 1 is 1.04 bits per heavy atom. The van der Waals surface area contributed by atoms with E-state index < -0.39 is 0 Å². The largest absolute Gasteiger partial charge is 0.352 e. The monoisotopic (exact) mass is 329 g/mol. The summed E-state index contributed by atoms with van der Waals surface area (Å²) in [5.74, 6) is 0.473. The van der Waals surface area contributed by atoms with Crippen LogP contribution in [0.1, 0.15) is 44.1 Å². The molecule has 3 rings (SSSR count). The van der Waals surface area contributed by atoms with Gasteiger partial charge in [-0.25, -0.2) is 0 Å². The van der Waals surface area contributed by atoms with Crippen LogP contribution in [0, 0.1) is 11.8 Å². The Hall–Kier alpha value is -1.88. The summed E-state index contributed by atoms with van der Waals surface area (Å²) in [7, 11) is 0. The van der Waals surface area contributed by atoms with E-state index in [4.69, 9.17) is 0 Å². The molecule has 0 bridgehead atoms. The summed E-state index contributed by atoms with van der Waals surface area (Å²) < 4.78 is 0. The van der Waals surface area contributed by atoms with E-state index in [0.717, 1.165) is 62.9 Å². The molecule has 1 saturated carbocycles. The van der Waals surface area contributed by atoms with E-state index in [1.54, 1.807) is 0 Å². The third-order valence-electron chi connectivity index (χ3n) is 5.05. The van der Waals surface area contributed by atoms with Crippen molar-refractivity contribution in [3.63, 3.8) is 0 Å². The summed E-state index contributed by atoms with van der Waals surface area (Å²) in [5.41, 5.74) is 1.83. The van der Waals surface area contributed by atoms with Crippen molar-refractivity contribution in [2.24, 2.45) is 11.8 Å². The average Bonchev–Trinajstić information content (AvgIpc) is 3.15. The number of carbonyl (C=O) groups excluding carboxylic acids is 2. The zero-order valence-corrected chi connectivity index (χ0v) is 14.1. The van der Waals surface area contributed by atoms with Crippen LogP contribution >= 0.6 is 0 Å². The SMILES string of the molecule is O=C(NCc1cccc(NC(=O)C2CCCC2)c1)C1CCCNC1. The molecule has 5 nitrogen and oxygen atoms in total. The van der Waals surface area contributed by atoms with Crippen molar-refractivity contribution in [2.75, 3.05) is 18.4 Å². The molecule has 24 heavy (non-hydrogen) atoms. The first-order valence-corrected chi connectivity index (χ1v) is 9.10. The summed E-state index contributed by atoms with van der Waals surface area (Å²) >= 11 is 0. The lowest BCUT2D eigenvalue weighted by atomic mass is 9.99. The maximum absolute atomic E-state index is 12.2. The average molecular weight is 329 g/mol. The lowest BCUT2D eigenvalue weighted by molar-refractivity contribution is -0.125. The summed E-state index contributed by atoms with van der Waals surface area (Å²) in [6.45, 7) is 2.28. The van der Waals surface area contributed by atoms with Crippen LogP contribution in [-0.4, -0.2) is 24.9 Å². The molecule has 0 aromatic heterocycles. The van der Waals surface area contributed by atoms with Gasteiger partial charge in [-0.2, -0.15) is 0 Å². The Kier molecular flexibility index (Phi) is 5.86. The molecule has 2 fully saturated rings. The maximum atomic E-state index is 12.2. The van der Waals surface area contributed by atoms with E-state index in [1.807, 2.05) is 24.3 Å². The quantitative estimate of drug-likeness (QED) is 0.777. The Balaban J connectivity index is 1.51. The summed E-state index contributed by atoms with van der Waals surface area (Å²) in [6, 6.07) is 7.76. The fourth-order valence-electron chi connectivity index (χ4n) is 3.60. The molecule has 0 radical (unpaired) electrons. The van der Waals surface area contributed by atoms with Gasteiger partial charge in [0.05, 0.1) is 5.92 Å². The second-order valence-corrected chi connectivity index (χ2v) is 6.93. The van der Waals surface area contributed by atoms with E-state index in [2.05, 4.69) is 16.0 Å². The van der Waals surface area contributed by atoms with Gasteiger partial charge in [0, 0.05) is 24.7 Å². The molecule has 1 aromatic carbocycles. The van der Waals surface area contributed by atoms with Crippen LogP contribution in [-0.2, 0) is 16.1 Å². The highest BCUT2D eigenvalue weighted by atomic mass is 16.2. The van der Waals surface area contributed by atoms with Gasteiger partial charge in [0.15, 0.2) is 0 Å². The van der Waals surface area contributed by atoms with Crippen LogP contribution in [0.25, 0.3) is 0 Å². The number of hydrogen-bond acceptors (Lipinski definition) is 3. The number of rotatable bonds is 5. The lowest BCUT2D eigenvalue weighted by Gasteiger charge is -2.22. The topological polar surface area (TPSA) is 70.2 Å². The fourth-order valence-corrected chi connectivity index (χ4v) is 3.60. The maximum Gasteiger partial charge on any atom is 0.227 e. The van der Waals surface area contributed by atoms with E-state index in [1.165, 1.54) is 0 Å². The molecule has 1 aromatic rings. The van der Waals surface area contributed by atoms with Crippen LogP contribution < -0.4 is 16.0 Å². The predicted octanol–water partition coefficient (Wildman–Crippen LogP) is 2.43. The molecule has 1 aliphatic carbocycles. The molecule has 3 N–H and O–H groups in total. The van der Waals surface area contributed by atoms with Gasteiger partial charge >= 0.3 is 0 Å². The minimum absolute atomic E-state index is 0.0732. The number of anilines is 1. The molecule has 130 valence electrons. The van der Waals surface area contributed by atoms with Gasteiger partial charge in [0.2, 0.25) is 11.8 Å². The highest BCUT2D eigenvalue weighted by Crippen LogP contribution is 2.26. The lowest BCUT2D eigenvalue weighted by Crippen LogP contribution is -2.40. The first kappa shape index (κ1) is 17.0. The molecule has 1 aliphatic heterocycles. The van der Waals surface area contributed by atoms with Gasteiger partial charge < -0.3 is 16.0 Å². The normalized spacial score (nSPS) is 21.4. The molecular formula is C19H27N3O2. The smallest absolute Gasteiger partial charge is 0.227 e. The molecular weight excluding hydrogens is 302 g/mol. The second-order valence-electron chi connectivity index (χ2n) is 6.93. The van der Waals surface area contributed by atoms with Gasteiger partial charge in [0.1, 0.15) is 0 Å². The van der Waals surface area contributed by atoms with Gasteiger partial charge in [-0.1, -0.05) is 25.0 Å². The third kappa shape index (κ3) is 4.57. The van der Waals surface area contributed by atoms with Crippen molar-refractivity contribution in [2.45, 2.75) is 45.1 Å². The number of carbonyl (C=O) groups is 2. The minimum atomic E-state index is 0.0732. The Morgan fingerprint density at radius 3 is 2.58 bits per heavy atom. The van der Waals surface area contributed by atoms with Crippen LogP contribution in [0.4, 0.5) is 5.69 Å². The summed E-state index contributed by atoms with van der Waals surface area (Å²) in [6.07, 6.45) is 6.31. The predicted molar refractivity (Wildman–Crippen MR) is 94.5 cm³/mol. The summed E-state index contributed by atoms with van der Waals surface area (Å²) in [4.78, 5) is 24.4. The zero-order chi connectivity index (χ0) is 16.8. The van der Waals surface area contributed by atoms with Crippen molar-refractivity contribution >= 4 is 17.5 Å². The van der Waals surface area contributed by atoms with Crippen molar-refractivity contribution in [1.82, 2.24) is 10.6 Å².